The third kappa shape index (κ3) is 4.74. The second-order valence-electron chi connectivity index (χ2n) is 7.74. The van der Waals surface area contributed by atoms with Crippen LogP contribution in [0.3, 0.4) is 0 Å². The van der Waals surface area contributed by atoms with Crippen LogP contribution in [0.4, 0.5) is 0 Å². The van der Waals surface area contributed by atoms with Gasteiger partial charge in [0.15, 0.2) is 0 Å². The van der Waals surface area contributed by atoms with Crippen molar-refractivity contribution in [2.75, 3.05) is 0 Å². The van der Waals surface area contributed by atoms with Crippen molar-refractivity contribution in [2.45, 2.75) is 27.2 Å². The maximum absolute atomic E-state index is 11.0. The quantitative estimate of drug-likeness (QED) is 0.228. The van der Waals surface area contributed by atoms with E-state index in [1.807, 2.05) is 81.4 Å². The Balaban J connectivity index is 0.00000148. The van der Waals surface area contributed by atoms with Gasteiger partial charge in [-0.2, -0.15) is 0 Å². The predicted molar refractivity (Wildman–Crippen MR) is 143 cm³/mol. The van der Waals surface area contributed by atoms with Crippen molar-refractivity contribution in [3.05, 3.63) is 102 Å². The Morgan fingerprint density at radius 3 is 1.89 bits per heavy atom. The molecule has 0 saturated heterocycles. The van der Waals surface area contributed by atoms with Crippen molar-refractivity contribution >= 4 is 27.8 Å². The number of rotatable bonds is 6. The molecular weight excluding hydrogens is 452 g/mol. The normalized spacial score (nSPS) is 12.0. The highest BCUT2D eigenvalue weighted by Crippen LogP contribution is 2.30. The molecule has 36 heavy (non-hydrogen) atoms. The molecule has 0 fully saturated rings. The van der Waals surface area contributed by atoms with Gasteiger partial charge in [0.25, 0.3) is 0 Å². The number of aromatic hydroxyl groups is 1. The van der Waals surface area contributed by atoms with E-state index in [9.17, 15) is 10.2 Å². The van der Waals surface area contributed by atoms with Crippen LogP contribution in [0.1, 0.15) is 26.3 Å². The third-order valence-electron chi connectivity index (χ3n) is 5.45. The number of fused-ring (bicyclic) bond motifs is 2. The van der Waals surface area contributed by atoms with Gasteiger partial charge in [0.1, 0.15) is 45.0 Å². The maximum atomic E-state index is 11.0. The first kappa shape index (κ1) is 24.4. The lowest BCUT2D eigenvalue weighted by Gasteiger charge is -2.12. The van der Waals surface area contributed by atoms with Crippen LogP contribution in [0.5, 0.6) is 5.75 Å². The fourth-order valence-electron chi connectivity index (χ4n) is 3.74. The Bertz CT molecular complexity index is 1530. The van der Waals surface area contributed by atoms with Crippen LogP contribution in [-0.2, 0) is 6.42 Å². The number of hydrogen-bond acceptors (Lipinski definition) is 6. The smallest absolute Gasteiger partial charge is 0.146 e. The van der Waals surface area contributed by atoms with E-state index in [-0.39, 0.29) is 23.6 Å². The molecule has 0 atom stereocenters. The van der Waals surface area contributed by atoms with Gasteiger partial charge in [0.2, 0.25) is 0 Å². The molecule has 182 valence electrons. The van der Waals surface area contributed by atoms with E-state index < -0.39 is 0 Å². The molecule has 3 aromatic carbocycles. The monoisotopic (exact) mass is 480 g/mol. The Morgan fingerprint density at radius 1 is 0.833 bits per heavy atom. The average molecular weight is 481 g/mol. The predicted octanol–water partition coefficient (Wildman–Crippen LogP) is 6.00. The van der Waals surface area contributed by atoms with Crippen molar-refractivity contribution < 1.29 is 10.2 Å². The van der Waals surface area contributed by atoms with Gasteiger partial charge >= 0.3 is 0 Å². The lowest BCUT2D eigenvalue weighted by atomic mass is 10.0. The molecule has 8 heteroatoms. The summed E-state index contributed by atoms with van der Waals surface area (Å²) in [6, 6.07) is 20.3. The molecular formula is C28H28N6O2. The number of allylic oxidation sites excluding steroid dienone is 4. The highest BCUT2D eigenvalue weighted by atomic mass is 16.3. The summed E-state index contributed by atoms with van der Waals surface area (Å²) in [5.74, 6) is -0.0302. The van der Waals surface area contributed by atoms with Crippen LogP contribution in [0, 0.1) is 0 Å². The first-order chi connectivity index (χ1) is 17.5. The first-order valence-corrected chi connectivity index (χ1v) is 11.7. The molecule has 0 unspecified atom stereocenters. The number of nitrogens with zero attached hydrogens (tertiary/aromatic N) is 6. The second kappa shape index (κ2) is 10.7. The Labute approximate surface area is 209 Å². The van der Waals surface area contributed by atoms with Crippen LogP contribution in [-0.4, -0.2) is 40.2 Å². The number of benzene rings is 3. The van der Waals surface area contributed by atoms with Crippen molar-refractivity contribution in [1.82, 2.24) is 30.0 Å². The number of phenolic OH excluding ortho intramolecular Hbond substituents is 1. The van der Waals surface area contributed by atoms with Gasteiger partial charge in [0.05, 0.1) is 0 Å². The molecule has 0 aliphatic heterocycles. The molecule has 0 aliphatic carbocycles. The topological polar surface area (TPSA) is 102 Å². The zero-order chi connectivity index (χ0) is 25.7. The first-order valence-electron chi connectivity index (χ1n) is 11.7. The second-order valence-corrected chi connectivity index (χ2v) is 7.74. The number of para-hydroxylation sites is 1. The molecule has 0 aliphatic rings. The summed E-state index contributed by atoms with van der Waals surface area (Å²) in [6.07, 6.45) is 3.83. The fourth-order valence-corrected chi connectivity index (χ4v) is 3.74. The Kier molecular flexibility index (Phi) is 7.25. The molecule has 2 heterocycles. The fraction of sp³-hybridized carbons (Fsp3) is 0.143. The highest BCUT2D eigenvalue weighted by Gasteiger charge is 2.17. The van der Waals surface area contributed by atoms with Crippen LogP contribution < -0.4 is 0 Å². The zero-order valence-corrected chi connectivity index (χ0v) is 20.5. The van der Waals surface area contributed by atoms with E-state index in [0.717, 1.165) is 11.0 Å². The lowest BCUT2D eigenvalue weighted by molar-refractivity contribution is 0.421. The zero-order valence-electron chi connectivity index (χ0n) is 20.5. The largest absolute Gasteiger partial charge is 0.505 e. The van der Waals surface area contributed by atoms with Gasteiger partial charge in [-0.1, -0.05) is 69.0 Å². The number of aliphatic hydroxyl groups is 1. The van der Waals surface area contributed by atoms with E-state index in [4.69, 9.17) is 0 Å². The highest BCUT2D eigenvalue weighted by molar-refractivity contribution is 5.75. The van der Waals surface area contributed by atoms with Gasteiger partial charge in [-0.05, 0) is 37.3 Å². The van der Waals surface area contributed by atoms with Crippen molar-refractivity contribution in [2.24, 2.45) is 0 Å². The van der Waals surface area contributed by atoms with E-state index in [1.165, 1.54) is 9.59 Å². The maximum Gasteiger partial charge on any atom is 0.146 e. The molecule has 5 aromatic rings. The average Bonchev–Trinajstić information content (AvgIpc) is 3.54. The number of aromatic nitrogens is 6. The molecule has 0 bridgehead atoms. The summed E-state index contributed by atoms with van der Waals surface area (Å²) in [5.41, 5.74) is 4.71. The van der Waals surface area contributed by atoms with Crippen molar-refractivity contribution in [1.29, 1.82) is 0 Å². The molecule has 0 radical (unpaired) electrons. The lowest BCUT2D eigenvalue weighted by Crippen LogP contribution is -2.06. The van der Waals surface area contributed by atoms with Crippen LogP contribution in [0.2, 0.25) is 0 Å². The number of hydrogen-bond donors (Lipinski definition) is 2. The van der Waals surface area contributed by atoms with E-state index in [0.29, 0.717) is 27.9 Å². The molecule has 5 rings (SSSR count). The Morgan fingerprint density at radius 2 is 1.36 bits per heavy atom. The van der Waals surface area contributed by atoms with Crippen molar-refractivity contribution in [3.8, 4) is 11.4 Å². The summed E-state index contributed by atoms with van der Waals surface area (Å²) < 4.78 is 0. The molecule has 0 amide bonds. The van der Waals surface area contributed by atoms with E-state index >= 15 is 0 Å². The summed E-state index contributed by atoms with van der Waals surface area (Å²) in [6.45, 7) is 9.84. The minimum Gasteiger partial charge on any atom is -0.505 e. The van der Waals surface area contributed by atoms with Gasteiger partial charge in [-0.25, -0.2) is 0 Å². The molecule has 2 N–H and O–H groups in total. The molecule has 8 nitrogen and oxygen atoms in total. The summed E-state index contributed by atoms with van der Waals surface area (Å²) in [5, 5.41) is 39.8. The van der Waals surface area contributed by atoms with Gasteiger partial charge < -0.3 is 10.2 Å². The summed E-state index contributed by atoms with van der Waals surface area (Å²) >= 11 is 0. The number of phenols is 1. The SMILES string of the molecule is C=C(/C(O)=C(\C=C/C)Cc1cccc(-n2nc3ccccc3n2)c1O)n1nc2ccccc2n1.CC. The molecule has 0 saturated carbocycles. The minimum absolute atomic E-state index is 0.0335. The third-order valence-corrected chi connectivity index (χ3v) is 5.45. The minimum atomic E-state index is -0.0637. The summed E-state index contributed by atoms with van der Waals surface area (Å²) in [7, 11) is 0. The van der Waals surface area contributed by atoms with Gasteiger partial charge in [0, 0.05) is 17.6 Å². The van der Waals surface area contributed by atoms with E-state index in [1.54, 1.807) is 18.2 Å². The standard InChI is InChI=1S/C26H22N6O2.C2H6/c1-3-9-18(25(33)17(2)31-27-20-11-4-5-12-21(20)28-31)16-19-10-8-15-24(26(19)34)32-29-22-13-6-7-14-23(22)30-32;1-2/h3-15,33-34H,2,16H2,1H3;1-2H3/b9-3-,25-18-;. The summed E-state index contributed by atoms with van der Waals surface area (Å²) in [4.78, 5) is 2.74. The van der Waals surface area contributed by atoms with E-state index in [2.05, 4.69) is 27.0 Å². The molecule has 2 aromatic heterocycles. The van der Waals surface area contributed by atoms with Gasteiger partial charge in [-0.15, -0.1) is 30.0 Å². The number of aliphatic hydroxyl groups excluding tert-OH is 1. The molecule has 0 spiro atoms. The van der Waals surface area contributed by atoms with Gasteiger partial charge in [-0.3, -0.25) is 0 Å². The van der Waals surface area contributed by atoms with Crippen molar-refractivity contribution in [3.63, 3.8) is 0 Å². The van der Waals surface area contributed by atoms with Crippen LogP contribution >= 0.6 is 0 Å². The van der Waals surface area contributed by atoms with Crippen LogP contribution in [0.15, 0.2) is 96.8 Å². The Hall–Kier alpha value is -4.72. The van der Waals surface area contributed by atoms with Crippen LogP contribution in [0.25, 0.3) is 33.5 Å².